The van der Waals surface area contributed by atoms with Crippen LogP contribution in [0.5, 0.6) is 5.75 Å². The van der Waals surface area contributed by atoms with E-state index in [9.17, 15) is 4.79 Å². The number of carbonyl (C=O) groups is 1. The molecule has 0 atom stereocenters. The monoisotopic (exact) mass is 390 g/mol. The zero-order valence-electron chi connectivity index (χ0n) is 14.6. The van der Waals surface area contributed by atoms with E-state index in [1.54, 1.807) is 7.11 Å². The fourth-order valence-electron chi connectivity index (χ4n) is 2.18. The molecule has 0 bridgehead atoms. The maximum absolute atomic E-state index is 12.0. The molecule has 1 amide bonds. The molecule has 0 aliphatic rings. The number of anilines is 1. The second kappa shape index (κ2) is 8.28. The van der Waals surface area contributed by atoms with Gasteiger partial charge >= 0.3 is 0 Å². The number of aromatic nitrogens is 5. The predicted molar refractivity (Wildman–Crippen MR) is 101 cm³/mol. The highest BCUT2D eigenvalue weighted by Gasteiger charge is 2.13. The SMILES string of the molecule is COc1ccc(Cc2nnc(SCC(=O)Nc3nnc(C)s3)n2C)cc1. The number of carbonyl (C=O) groups excluding carboxylic acids is 1. The zero-order chi connectivity index (χ0) is 18.5. The van der Waals surface area contributed by atoms with Gasteiger partial charge in [0, 0.05) is 13.5 Å². The molecule has 0 saturated carbocycles. The van der Waals surface area contributed by atoms with Gasteiger partial charge in [0.25, 0.3) is 0 Å². The average Bonchev–Trinajstić information content (AvgIpc) is 3.20. The molecule has 0 fully saturated rings. The van der Waals surface area contributed by atoms with Gasteiger partial charge in [-0.1, -0.05) is 35.2 Å². The van der Waals surface area contributed by atoms with Gasteiger partial charge in [-0.15, -0.1) is 20.4 Å². The van der Waals surface area contributed by atoms with E-state index in [1.807, 2.05) is 42.8 Å². The first kappa shape index (κ1) is 18.3. The number of methoxy groups -OCH3 is 1. The van der Waals surface area contributed by atoms with Crippen molar-refractivity contribution >= 4 is 34.1 Å². The lowest BCUT2D eigenvalue weighted by atomic mass is 10.1. The van der Waals surface area contributed by atoms with Crippen LogP contribution in [0.25, 0.3) is 0 Å². The Labute approximate surface area is 159 Å². The molecular formula is C16H18N6O2S2. The van der Waals surface area contributed by atoms with Crippen molar-refractivity contribution in [3.05, 3.63) is 40.7 Å². The Morgan fingerprint density at radius 3 is 2.65 bits per heavy atom. The van der Waals surface area contributed by atoms with E-state index in [1.165, 1.54) is 23.1 Å². The molecule has 1 aromatic carbocycles. The summed E-state index contributed by atoms with van der Waals surface area (Å²) in [6.45, 7) is 1.84. The summed E-state index contributed by atoms with van der Waals surface area (Å²) in [5.41, 5.74) is 1.11. The number of benzene rings is 1. The molecule has 0 saturated heterocycles. The van der Waals surface area contributed by atoms with Crippen LogP contribution >= 0.6 is 23.1 Å². The second-order valence-corrected chi connectivity index (χ2v) is 7.57. The fourth-order valence-corrected chi connectivity index (χ4v) is 3.52. The van der Waals surface area contributed by atoms with Crippen LogP contribution in [0.2, 0.25) is 0 Å². The molecule has 0 spiro atoms. The molecule has 0 aliphatic carbocycles. The van der Waals surface area contributed by atoms with E-state index in [4.69, 9.17) is 4.74 Å². The molecule has 26 heavy (non-hydrogen) atoms. The van der Waals surface area contributed by atoms with Crippen molar-refractivity contribution in [2.75, 3.05) is 18.2 Å². The van der Waals surface area contributed by atoms with E-state index in [-0.39, 0.29) is 11.7 Å². The van der Waals surface area contributed by atoms with Crippen LogP contribution in [-0.2, 0) is 18.3 Å². The molecule has 0 aliphatic heterocycles. The lowest BCUT2D eigenvalue weighted by Crippen LogP contribution is -2.14. The summed E-state index contributed by atoms with van der Waals surface area (Å²) in [5.74, 6) is 1.73. The smallest absolute Gasteiger partial charge is 0.236 e. The standard InChI is InChI=1S/C16H18N6O2S2/c1-10-18-20-15(26-10)17-14(23)9-25-16-21-19-13(22(16)2)8-11-4-6-12(24-3)7-5-11/h4-7H,8-9H2,1-3H3,(H,17,20,23). The quantitative estimate of drug-likeness (QED) is 0.619. The van der Waals surface area contributed by atoms with Gasteiger partial charge in [-0.05, 0) is 24.6 Å². The molecule has 2 heterocycles. The molecule has 136 valence electrons. The largest absolute Gasteiger partial charge is 0.497 e. The van der Waals surface area contributed by atoms with Crippen LogP contribution in [-0.4, -0.2) is 43.7 Å². The van der Waals surface area contributed by atoms with Gasteiger partial charge in [0.1, 0.15) is 16.6 Å². The highest BCUT2D eigenvalue weighted by molar-refractivity contribution is 7.99. The van der Waals surface area contributed by atoms with Gasteiger partial charge in [0.05, 0.1) is 12.9 Å². The van der Waals surface area contributed by atoms with E-state index < -0.39 is 0 Å². The van der Waals surface area contributed by atoms with Crippen LogP contribution in [0.3, 0.4) is 0 Å². The predicted octanol–water partition coefficient (Wildman–Crippen LogP) is 2.31. The highest BCUT2D eigenvalue weighted by atomic mass is 32.2. The number of thioether (sulfide) groups is 1. The van der Waals surface area contributed by atoms with Crippen molar-refractivity contribution in [2.45, 2.75) is 18.5 Å². The Kier molecular flexibility index (Phi) is 5.84. The zero-order valence-corrected chi connectivity index (χ0v) is 16.2. The summed E-state index contributed by atoms with van der Waals surface area (Å²) >= 11 is 2.68. The first-order chi connectivity index (χ1) is 12.5. The van der Waals surface area contributed by atoms with Crippen LogP contribution < -0.4 is 10.1 Å². The van der Waals surface area contributed by atoms with E-state index in [2.05, 4.69) is 25.7 Å². The molecule has 3 aromatic rings. The highest BCUT2D eigenvalue weighted by Crippen LogP contribution is 2.20. The summed E-state index contributed by atoms with van der Waals surface area (Å²) in [6, 6.07) is 7.83. The third-order valence-electron chi connectivity index (χ3n) is 3.55. The Bertz CT molecular complexity index is 891. The second-order valence-electron chi connectivity index (χ2n) is 5.45. The number of hydrogen-bond donors (Lipinski definition) is 1. The van der Waals surface area contributed by atoms with Crippen molar-refractivity contribution in [2.24, 2.45) is 7.05 Å². The lowest BCUT2D eigenvalue weighted by molar-refractivity contribution is -0.113. The normalized spacial score (nSPS) is 10.7. The minimum atomic E-state index is -0.147. The molecule has 2 aromatic heterocycles. The van der Waals surface area contributed by atoms with Crippen molar-refractivity contribution in [3.63, 3.8) is 0 Å². The number of amides is 1. The summed E-state index contributed by atoms with van der Waals surface area (Å²) in [6.07, 6.45) is 0.657. The molecule has 1 N–H and O–H groups in total. The first-order valence-corrected chi connectivity index (χ1v) is 9.59. The van der Waals surface area contributed by atoms with Crippen molar-refractivity contribution in [1.29, 1.82) is 0 Å². The van der Waals surface area contributed by atoms with Crippen molar-refractivity contribution in [3.8, 4) is 5.75 Å². The topological polar surface area (TPSA) is 94.8 Å². The number of ether oxygens (including phenoxy) is 1. The van der Waals surface area contributed by atoms with Gasteiger partial charge in [-0.2, -0.15) is 0 Å². The minimum absolute atomic E-state index is 0.147. The number of nitrogens with zero attached hydrogens (tertiary/aromatic N) is 5. The van der Waals surface area contributed by atoms with Gasteiger partial charge in [-0.25, -0.2) is 0 Å². The lowest BCUT2D eigenvalue weighted by Gasteiger charge is -2.05. The average molecular weight is 390 g/mol. The van der Waals surface area contributed by atoms with Crippen LogP contribution in [0.4, 0.5) is 5.13 Å². The summed E-state index contributed by atoms with van der Waals surface area (Å²) in [4.78, 5) is 12.0. The number of aryl methyl sites for hydroxylation is 1. The van der Waals surface area contributed by atoms with Gasteiger partial charge in [-0.3, -0.25) is 10.1 Å². The minimum Gasteiger partial charge on any atom is -0.497 e. The van der Waals surface area contributed by atoms with Crippen molar-refractivity contribution < 1.29 is 9.53 Å². The third kappa shape index (κ3) is 4.58. The Hall–Kier alpha value is -2.46. The molecule has 10 heteroatoms. The molecule has 3 rings (SSSR count). The summed E-state index contributed by atoms with van der Waals surface area (Å²) < 4.78 is 7.06. The van der Waals surface area contributed by atoms with Crippen LogP contribution in [0, 0.1) is 6.92 Å². The molecule has 0 radical (unpaired) electrons. The first-order valence-electron chi connectivity index (χ1n) is 7.79. The molecule has 0 unspecified atom stereocenters. The van der Waals surface area contributed by atoms with E-state index >= 15 is 0 Å². The Morgan fingerprint density at radius 2 is 2.00 bits per heavy atom. The van der Waals surface area contributed by atoms with Gasteiger partial charge in [0.15, 0.2) is 5.16 Å². The molecular weight excluding hydrogens is 372 g/mol. The maximum Gasteiger partial charge on any atom is 0.236 e. The van der Waals surface area contributed by atoms with Gasteiger partial charge < -0.3 is 9.30 Å². The molecule has 8 nitrogen and oxygen atoms in total. The number of hydrogen-bond acceptors (Lipinski definition) is 8. The van der Waals surface area contributed by atoms with Crippen molar-refractivity contribution in [1.82, 2.24) is 25.0 Å². The van der Waals surface area contributed by atoms with Gasteiger partial charge in [0.2, 0.25) is 11.0 Å². The third-order valence-corrected chi connectivity index (χ3v) is 5.33. The van der Waals surface area contributed by atoms with Crippen LogP contribution in [0.1, 0.15) is 16.4 Å². The number of rotatable bonds is 7. The van der Waals surface area contributed by atoms with E-state index in [0.29, 0.717) is 16.7 Å². The fraction of sp³-hybridized carbons (Fsp3) is 0.312. The van der Waals surface area contributed by atoms with Crippen LogP contribution in [0.15, 0.2) is 29.4 Å². The Morgan fingerprint density at radius 1 is 1.23 bits per heavy atom. The summed E-state index contributed by atoms with van der Waals surface area (Å²) in [5, 5.41) is 20.9. The maximum atomic E-state index is 12.0. The van der Waals surface area contributed by atoms with E-state index in [0.717, 1.165) is 22.1 Å². The number of nitrogens with one attached hydrogen (secondary N) is 1. The Balaban J connectivity index is 1.56. The summed E-state index contributed by atoms with van der Waals surface area (Å²) in [7, 11) is 3.54.